The number of hydrogen-bond donors (Lipinski definition) is 0. The Kier molecular flexibility index (Phi) is 4.62. The maximum Gasteiger partial charge on any atom is 0.416 e. The van der Waals surface area contributed by atoms with E-state index in [0.717, 1.165) is 31.5 Å². The van der Waals surface area contributed by atoms with Crippen molar-refractivity contribution >= 4 is 29.4 Å². The van der Waals surface area contributed by atoms with Gasteiger partial charge in [0, 0.05) is 19.5 Å². The van der Waals surface area contributed by atoms with Gasteiger partial charge in [-0.2, -0.15) is 0 Å². The highest BCUT2D eigenvalue weighted by Gasteiger charge is 2.54. The fourth-order valence-corrected chi connectivity index (χ4v) is 3.39. The molecule has 0 aromatic rings. The summed E-state index contributed by atoms with van der Waals surface area (Å²) in [6.45, 7) is 9.85. The summed E-state index contributed by atoms with van der Waals surface area (Å²) in [5, 5.41) is 6.76. The van der Waals surface area contributed by atoms with E-state index in [4.69, 9.17) is 5.10 Å². The normalized spacial score (nSPS) is 23.3. The van der Waals surface area contributed by atoms with Crippen molar-refractivity contribution in [3.05, 3.63) is 0 Å². The molecule has 3 amide bonds. The largest absolute Gasteiger partial charge is 0.416 e. The van der Waals surface area contributed by atoms with Crippen molar-refractivity contribution in [3.63, 3.8) is 0 Å². The van der Waals surface area contributed by atoms with Crippen LogP contribution in [0.1, 0.15) is 47.0 Å². The van der Waals surface area contributed by atoms with E-state index in [9.17, 15) is 9.59 Å². The summed E-state index contributed by atoms with van der Waals surface area (Å²) in [5.74, 6) is 0.946. The lowest BCUT2D eigenvalue weighted by Crippen LogP contribution is -2.62. The molecule has 1 atom stereocenters. The van der Waals surface area contributed by atoms with Crippen LogP contribution in [0.4, 0.5) is 4.79 Å². The number of unbranched alkanes of at least 4 members (excludes halogenated alkanes) is 2. The molecule has 3 aliphatic rings. The molecule has 0 aromatic heterocycles. The van der Waals surface area contributed by atoms with Crippen LogP contribution in [0.25, 0.3) is 0 Å². The van der Waals surface area contributed by atoms with Gasteiger partial charge in [0.25, 0.3) is 5.91 Å². The average Bonchev–Trinajstić information content (AvgIpc) is 2.97. The number of guanidine groups is 1. The number of amides is 3. The van der Waals surface area contributed by atoms with E-state index in [1.165, 1.54) is 16.8 Å². The predicted molar refractivity (Wildman–Crippen MR) is 100 cm³/mol. The fourth-order valence-electron chi connectivity index (χ4n) is 3.39. The Morgan fingerprint density at radius 3 is 2.46 bits per heavy atom. The molecule has 1 fully saturated rings. The zero-order valence-corrected chi connectivity index (χ0v) is 16.6. The molecule has 0 aliphatic carbocycles. The standard InChI is InChI=1S/C18H29N6O2/c1-7-8-9-10-24-16-19-14-13(15(25)22(6)17(26)21(14)5)23(16)11-12(20-24)18(2,3)4/h13H,7-11H2,1-6H3/q+1. The number of carbonyl (C=O) groups is 2. The molecule has 3 rings (SSSR count). The summed E-state index contributed by atoms with van der Waals surface area (Å²) in [7, 11) is 3.20. The highest BCUT2D eigenvalue weighted by atomic mass is 16.2. The molecule has 0 aromatic carbocycles. The number of fused-ring (bicyclic) bond motifs is 2. The van der Waals surface area contributed by atoms with Crippen LogP contribution in [-0.4, -0.2) is 82.1 Å². The number of aliphatic imine (C=N–C) groups is 1. The third-order valence-corrected chi connectivity index (χ3v) is 5.14. The predicted octanol–water partition coefficient (Wildman–Crippen LogP) is 1.57. The van der Waals surface area contributed by atoms with Crippen molar-refractivity contribution in [2.45, 2.75) is 53.0 Å². The van der Waals surface area contributed by atoms with E-state index in [1.807, 2.05) is 9.58 Å². The first kappa shape index (κ1) is 18.5. The molecule has 26 heavy (non-hydrogen) atoms. The van der Waals surface area contributed by atoms with Crippen LogP contribution in [0, 0.1) is 5.41 Å². The number of urea groups is 1. The number of nitrogens with zero attached hydrogens (tertiary/aromatic N) is 6. The summed E-state index contributed by atoms with van der Waals surface area (Å²) < 4.78 is 2.00. The first-order chi connectivity index (χ1) is 12.2. The van der Waals surface area contributed by atoms with Gasteiger partial charge >= 0.3 is 12.0 Å². The van der Waals surface area contributed by atoms with Crippen LogP contribution in [0.3, 0.4) is 0 Å². The Hall–Kier alpha value is -2.25. The minimum absolute atomic E-state index is 0.109. The monoisotopic (exact) mass is 361 g/mol. The molecule has 3 heterocycles. The summed E-state index contributed by atoms with van der Waals surface area (Å²) in [4.78, 5) is 32.4. The third kappa shape index (κ3) is 2.91. The Labute approximate surface area is 154 Å². The smallest absolute Gasteiger partial charge is 0.270 e. The van der Waals surface area contributed by atoms with Crippen molar-refractivity contribution in [1.29, 1.82) is 0 Å². The van der Waals surface area contributed by atoms with Gasteiger partial charge in [-0.05, 0) is 6.42 Å². The van der Waals surface area contributed by atoms with Gasteiger partial charge in [0.05, 0.1) is 12.3 Å². The van der Waals surface area contributed by atoms with Crippen LogP contribution in [-0.2, 0) is 4.79 Å². The number of rotatable bonds is 4. The number of carbonyl (C=O) groups excluding carboxylic acids is 2. The molecule has 1 saturated heterocycles. The summed E-state index contributed by atoms with van der Waals surface area (Å²) >= 11 is 0. The van der Waals surface area contributed by atoms with Gasteiger partial charge in [0.1, 0.15) is 6.54 Å². The number of likely N-dealkylation sites (N-methyl/N-ethyl adjacent to an activating group) is 2. The number of hydrogen-bond acceptors (Lipinski definition) is 5. The van der Waals surface area contributed by atoms with Crippen LogP contribution >= 0.6 is 0 Å². The van der Waals surface area contributed by atoms with E-state index < -0.39 is 6.04 Å². The zero-order valence-electron chi connectivity index (χ0n) is 16.6. The molecule has 0 radical (unpaired) electrons. The lowest BCUT2D eigenvalue weighted by Gasteiger charge is -2.33. The van der Waals surface area contributed by atoms with Gasteiger partial charge in [0.15, 0.2) is 0 Å². The van der Waals surface area contributed by atoms with E-state index in [-0.39, 0.29) is 17.4 Å². The first-order valence-corrected chi connectivity index (χ1v) is 9.29. The number of imide groups is 1. The summed E-state index contributed by atoms with van der Waals surface area (Å²) in [6, 6.07) is -0.904. The molecular formula is C18H29N6O2+. The second kappa shape index (κ2) is 6.48. The van der Waals surface area contributed by atoms with Crippen molar-refractivity contribution in [3.8, 4) is 0 Å². The van der Waals surface area contributed by atoms with E-state index in [0.29, 0.717) is 18.3 Å². The second-order valence-corrected chi connectivity index (χ2v) is 8.17. The van der Waals surface area contributed by atoms with E-state index >= 15 is 0 Å². The van der Waals surface area contributed by atoms with Crippen LogP contribution in [0.5, 0.6) is 0 Å². The van der Waals surface area contributed by atoms with Gasteiger partial charge in [-0.3, -0.25) is 14.6 Å². The molecule has 1 unspecified atom stereocenters. The molecule has 0 saturated carbocycles. The maximum absolute atomic E-state index is 12.8. The van der Waals surface area contributed by atoms with Crippen molar-refractivity contribution in [1.82, 2.24) is 14.8 Å². The van der Waals surface area contributed by atoms with Crippen LogP contribution in [0.15, 0.2) is 10.1 Å². The highest BCUT2D eigenvalue weighted by molar-refractivity contribution is 6.23. The molecular weight excluding hydrogens is 332 g/mol. The van der Waals surface area contributed by atoms with Gasteiger partial charge in [0.2, 0.25) is 11.9 Å². The Morgan fingerprint density at radius 1 is 1.15 bits per heavy atom. The minimum atomic E-state index is -0.556. The molecule has 0 bridgehead atoms. The van der Waals surface area contributed by atoms with E-state index in [1.54, 1.807) is 7.05 Å². The van der Waals surface area contributed by atoms with Gasteiger partial charge in [-0.25, -0.2) is 9.37 Å². The lowest BCUT2D eigenvalue weighted by atomic mass is 9.89. The van der Waals surface area contributed by atoms with Crippen LogP contribution in [0.2, 0.25) is 0 Å². The zero-order chi connectivity index (χ0) is 19.2. The molecule has 142 valence electrons. The third-order valence-electron chi connectivity index (χ3n) is 5.14. The quantitative estimate of drug-likeness (QED) is 0.564. The topological polar surface area (TPSA) is 71.6 Å². The molecule has 8 nitrogen and oxygen atoms in total. The fraction of sp³-hybridized carbons (Fsp3) is 0.722. The molecule has 0 spiro atoms. The SMILES string of the molecule is CCCCCN1N=C(C(C)(C)C)C[N+]2=C1N=C1C2C(=O)N(C)C(=O)N1C. The van der Waals surface area contributed by atoms with Crippen molar-refractivity contribution < 1.29 is 14.2 Å². The molecule has 0 N–H and O–H groups in total. The van der Waals surface area contributed by atoms with Crippen LogP contribution < -0.4 is 0 Å². The first-order valence-electron chi connectivity index (χ1n) is 9.29. The van der Waals surface area contributed by atoms with Crippen molar-refractivity contribution in [2.24, 2.45) is 15.5 Å². The van der Waals surface area contributed by atoms with E-state index in [2.05, 4.69) is 32.7 Å². The second-order valence-electron chi connectivity index (χ2n) is 8.17. The number of amidine groups is 1. The molecule has 3 aliphatic heterocycles. The lowest BCUT2D eigenvalue weighted by molar-refractivity contribution is -0.528. The van der Waals surface area contributed by atoms with Gasteiger partial charge < -0.3 is 0 Å². The van der Waals surface area contributed by atoms with Gasteiger partial charge in [-0.1, -0.05) is 45.5 Å². The maximum atomic E-state index is 12.8. The Morgan fingerprint density at radius 2 is 1.85 bits per heavy atom. The average molecular weight is 361 g/mol. The molecule has 8 heteroatoms. The summed E-state index contributed by atoms with van der Waals surface area (Å²) in [5.41, 5.74) is 0.909. The Balaban J connectivity index is 1.99. The van der Waals surface area contributed by atoms with Gasteiger partial charge in [-0.15, -0.1) is 10.1 Å². The summed E-state index contributed by atoms with van der Waals surface area (Å²) in [6.07, 6.45) is 3.25. The highest BCUT2D eigenvalue weighted by Crippen LogP contribution is 2.26. The Bertz CT molecular complexity index is 730. The minimum Gasteiger partial charge on any atom is -0.270 e. The number of hydrazone groups is 1. The van der Waals surface area contributed by atoms with Crippen molar-refractivity contribution in [2.75, 3.05) is 27.2 Å².